The van der Waals surface area contributed by atoms with E-state index >= 15 is 0 Å². The first kappa shape index (κ1) is 16.7. The van der Waals surface area contributed by atoms with Crippen LogP contribution in [0.4, 0.5) is 0 Å². The van der Waals surface area contributed by atoms with Crippen molar-refractivity contribution in [3.05, 3.63) is 40.9 Å². The highest BCUT2D eigenvalue weighted by molar-refractivity contribution is 5.79. The minimum atomic E-state index is -0.965. The molecule has 0 aliphatic rings. The van der Waals surface area contributed by atoms with Crippen molar-refractivity contribution in [1.82, 2.24) is 14.5 Å². The van der Waals surface area contributed by atoms with E-state index in [4.69, 9.17) is 5.11 Å². The molecule has 0 saturated carbocycles. The Hall–Kier alpha value is -2.70. The number of aliphatic carboxylic acids is 1. The Bertz CT molecular complexity index is 782. The number of hydrogen-bond donors (Lipinski definition) is 1. The summed E-state index contributed by atoms with van der Waals surface area (Å²) in [4.78, 5) is 41.1. The number of nitrogens with zero attached hydrogens (tertiary/aromatic N) is 3. The SMILES string of the molecule is CC(C)N(CCC(=O)O)C(=O)Cn1cnc2ccccc2c1=O. The number of carbonyl (C=O) groups is 2. The van der Waals surface area contributed by atoms with Crippen LogP contribution in [0, 0.1) is 0 Å². The molecule has 23 heavy (non-hydrogen) atoms. The van der Waals surface area contributed by atoms with Gasteiger partial charge in [-0.1, -0.05) is 12.1 Å². The van der Waals surface area contributed by atoms with Gasteiger partial charge in [-0.2, -0.15) is 0 Å². The standard InChI is InChI=1S/C16H19N3O4/c1-11(2)19(8-7-15(21)22)14(20)9-18-10-17-13-6-4-3-5-12(13)16(18)23/h3-6,10-11H,7-9H2,1-2H3,(H,21,22). The number of carbonyl (C=O) groups excluding carboxylic acids is 1. The van der Waals surface area contributed by atoms with Gasteiger partial charge in [0.1, 0.15) is 6.54 Å². The van der Waals surface area contributed by atoms with Crippen LogP contribution in [0.3, 0.4) is 0 Å². The smallest absolute Gasteiger partial charge is 0.305 e. The predicted molar refractivity (Wildman–Crippen MR) is 85.1 cm³/mol. The second kappa shape index (κ2) is 7.04. The van der Waals surface area contributed by atoms with Gasteiger partial charge < -0.3 is 10.0 Å². The number of carboxylic acids is 1. The molecule has 0 radical (unpaired) electrons. The molecule has 1 heterocycles. The summed E-state index contributed by atoms with van der Waals surface area (Å²) in [5.41, 5.74) is 0.290. The lowest BCUT2D eigenvalue weighted by Crippen LogP contribution is -2.41. The van der Waals surface area contributed by atoms with Gasteiger partial charge in [0.2, 0.25) is 5.91 Å². The number of para-hydroxylation sites is 1. The van der Waals surface area contributed by atoms with E-state index in [0.29, 0.717) is 10.9 Å². The molecule has 0 atom stereocenters. The fraction of sp³-hybridized carbons (Fsp3) is 0.375. The first-order valence-electron chi connectivity index (χ1n) is 7.35. The molecule has 2 rings (SSSR count). The molecule has 2 aromatic rings. The second-order valence-electron chi connectivity index (χ2n) is 5.52. The third kappa shape index (κ3) is 3.94. The van der Waals surface area contributed by atoms with Crippen LogP contribution in [-0.2, 0) is 16.1 Å². The van der Waals surface area contributed by atoms with E-state index in [1.165, 1.54) is 15.8 Å². The lowest BCUT2D eigenvalue weighted by molar-refractivity contribution is -0.139. The van der Waals surface area contributed by atoms with Gasteiger partial charge in [-0.05, 0) is 26.0 Å². The predicted octanol–water partition coefficient (Wildman–Crippen LogP) is 1.11. The maximum Gasteiger partial charge on any atom is 0.305 e. The zero-order valence-electron chi connectivity index (χ0n) is 13.1. The molecular formula is C16H19N3O4. The number of carboxylic acid groups (broad SMARTS) is 1. The molecule has 1 aromatic heterocycles. The van der Waals surface area contributed by atoms with E-state index in [1.807, 2.05) is 0 Å². The van der Waals surface area contributed by atoms with E-state index in [1.54, 1.807) is 38.1 Å². The van der Waals surface area contributed by atoms with Gasteiger partial charge >= 0.3 is 5.97 Å². The van der Waals surface area contributed by atoms with Crippen molar-refractivity contribution < 1.29 is 14.7 Å². The fourth-order valence-corrected chi connectivity index (χ4v) is 2.34. The summed E-state index contributed by atoms with van der Waals surface area (Å²) in [6.45, 7) is 3.57. The van der Waals surface area contributed by atoms with E-state index in [9.17, 15) is 14.4 Å². The van der Waals surface area contributed by atoms with Gasteiger partial charge in [-0.3, -0.25) is 19.0 Å². The molecule has 1 aromatic carbocycles. The van der Waals surface area contributed by atoms with Crippen LogP contribution in [-0.4, -0.2) is 44.0 Å². The Morgan fingerprint density at radius 2 is 2.00 bits per heavy atom. The molecule has 0 aliphatic carbocycles. The Morgan fingerprint density at radius 1 is 1.30 bits per heavy atom. The van der Waals surface area contributed by atoms with Crippen molar-refractivity contribution in [2.24, 2.45) is 0 Å². The molecule has 0 saturated heterocycles. The highest BCUT2D eigenvalue weighted by Gasteiger charge is 2.19. The molecule has 122 valence electrons. The quantitative estimate of drug-likeness (QED) is 0.861. The van der Waals surface area contributed by atoms with Crippen LogP contribution in [0.15, 0.2) is 35.4 Å². The zero-order chi connectivity index (χ0) is 17.0. The second-order valence-corrected chi connectivity index (χ2v) is 5.52. The van der Waals surface area contributed by atoms with Crippen molar-refractivity contribution in [3.8, 4) is 0 Å². The minimum Gasteiger partial charge on any atom is -0.481 e. The van der Waals surface area contributed by atoms with Crippen LogP contribution >= 0.6 is 0 Å². The number of rotatable bonds is 6. The van der Waals surface area contributed by atoms with Gasteiger partial charge in [0.25, 0.3) is 5.56 Å². The van der Waals surface area contributed by atoms with Crippen molar-refractivity contribution in [1.29, 1.82) is 0 Å². The highest BCUT2D eigenvalue weighted by atomic mass is 16.4. The molecule has 7 heteroatoms. The van der Waals surface area contributed by atoms with E-state index < -0.39 is 5.97 Å². The third-order valence-electron chi connectivity index (χ3n) is 3.55. The Labute approximate surface area is 133 Å². The van der Waals surface area contributed by atoms with Gasteiger partial charge in [0.05, 0.1) is 23.7 Å². The van der Waals surface area contributed by atoms with Gasteiger partial charge in [-0.15, -0.1) is 0 Å². The van der Waals surface area contributed by atoms with Crippen LogP contribution in [0.2, 0.25) is 0 Å². The molecule has 1 N–H and O–H groups in total. The van der Waals surface area contributed by atoms with Gasteiger partial charge in [0, 0.05) is 12.6 Å². The molecular weight excluding hydrogens is 298 g/mol. The number of hydrogen-bond acceptors (Lipinski definition) is 4. The minimum absolute atomic E-state index is 0.113. The average Bonchev–Trinajstić information content (AvgIpc) is 2.50. The van der Waals surface area contributed by atoms with Crippen LogP contribution in [0.1, 0.15) is 20.3 Å². The van der Waals surface area contributed by atoms with Crippen molar-refractivity contribution in [3.63, 3.8) is 0 Å². The fourth-order valence-electron chi connectivity index (χ4n) is 2.34. The first-order chi connectivity index (χ1) is 10.9. The summed E-state index contributed by atoms with van der Waals surface area (Å²) in [6.07, 6.45) is 1.22. The van der Waals surface area contributed by atoms with E-state index in [0.717, 1.165) is 0 Å². The normalized spacial score (nSPS) is 10.9. The van der Waals surface area contributed by atoms with E-state index in [-0.39, 0.29) is 37.0 Å². The Kier molecular flexibility index (Phi) is 5.10. The topological polar surface area (TPSA) is 92.5 Å². The molecule has 7 nitrogen and oxygen atoms in total. The van der Waals surface area contributed by atoms with E-state index in [2.05, 4.69) is 4.98 Å². The Morgan fingerprint density at radius 3 is 2.65 bits per heavy atom. The van der Waals surface area contributed by atoms with Crippen molar-refractivity contribution >= 4 is 22.8 Å². The summed E-state index contributed by atoms with van der Waals surface area (Å²) < 4.78 is 1.25. The largest absolute Gasteiger partial charge is 0.481 e. The number of benzene rings is 1. The molecule has 0 fully saturated rings. The van der Waals surface area contributed by atoms with Crippen LogP contribution in [0.5, 0.6) is 0 Å². The molecule has 0 spiro atoms. The maximum atomic E-state index is 12.4. The van der Waals surface area contributed by atoms with Gasteiger partial charge in [0.15, 0.2) is 0 Å². The zero-order valence-corrected chi connectivity index (χ0v) is 13.1. The first-order valence-corrected chi connectivity index (χ1v) is 7.35. The molecule has 0 aliphatic heterocycles. The number of amides is 1. The Balaban J connectivity index is 2.23. The van der Waals surface area contributed by atoms with Gasteiger partial charge in [-0.25, -0.2) is 4.98 Å². The summed E-state index contributed by atoms with van der Waals surface area (Å²) in [5.74, 6) is -1.27. The summed E-state index contributed by atoms with van der Waals surface area (Å²) in [7, 11) is 0. The summed E-state index contributed by atoms with van der Waals surface area (Å²) in [5, 5.41) is 9.22. The highest BCUT2D eigenvalue weighted by Crippen LogP contribution is 2.06. The summed E-state index contributed by atoms with van der Waals surface area (Å²) >= 11 is 0. The molecule has 0 bridgehead atoms. The van der Waals surface area contributed by atoms with Crippen molar-refractivity contribution in [2.45, 2.75) is 32.9 Å². The van der Waals surface area contributed by atoms with Crippen LogP contribution in [0.25, 0.3) is 10.9 Å². The lowest BCUT2D eigenvalue weighted by atomic mass is 10.2. The third-order valence-corrected chi connectivity index (χ3v) is 3.55. The van der Waals surface area contributed by atoms with Crippen LogP contribution < -0.4 is 5.56 Å². The number of fused-ring (bicyclic) bond motifs is 1. The number of aromatic nitrogens is 2. The monoisotopic (exact) mass is 317 g/mol. The average molecular weight is 317 g/mol. The lowest BCUT2D eigenvalue weighted by Gasteiger charge is -2.26. The maximum absolute atomic E-state index is 12.4. The molecule has 1 amide bonds. The van der Waals surface area contributed by atoms with Crippen molar-refractivity contribution in [2.75, 3.05) is 6.54 Å². The molecule has 0 unspecified atom stereocenters. The summed E-state index contributed by atoms with van der Waals surface area (Å²) in [6, 6.07) is 6.78.